The normalized spacial score (nSPS) is 18.4. The highest BCUT2D eigenvalue weighted by molar-refractivity contribution is 7.91. The van der Waals surface area contributed by atoms with E-state index in [2.05, 4.69) is 5.32 Å². The van der Waals surface area contributed by atoms with E-state index in [1.165, 1.54) is 15.6 Å². The van der Waals surface area contributed by atoms with Crippen molar-refractivity contribution < 1.29 is 12.6 Å². The molecular weight excluding hydrogens is 316 g/mol. The molecule has 0 saturated carbocycles. The van der Waals surface area contributed by atoms with Gasteiger partial charge in [0, 0.05) is 40.3 Å². The molecule has 20 heavy (non-hydrogen) atoms. The van der Waals surface area contributed by atoms with Gasteiger partial charge in [-0.25, -0.2) is 8.42 Å². The fourth-order valence-corrected chi connectivity index (χ4v) is 6.24. The van der Waals surface area contributed by atoms with Crippen molar-refractivity contribution in [2.24, 2.45) is 0 Å². The third kappa shape index (κ3) is 3.88. The van der Waals surface area contributed by atoms with Gasteiger partial charge in [-0.3, -0.25) is 4.21 Å². The molecule has 0 bridgehead atoms. The van der Waals surface area contributed by atoms with Crippen LogP contribution in [0.25, 0.3) is 0 Å². The zero-order valence-electron chi connectivity index (χ0n) is 11.5. The van der Waals surface area contributed by atoms with Crippen LogP contribution in [0, 0.1) is 0 Å². The third-order valence-electron chi connectivity index (χ3n) is 3.17. The Labute approximate surface area is 126 Å². The minimum absolute atomic E-state index is 0.361. The number of sulfonamides is 1. The van der Waals surface area contributed by atoms with Gasteiger partial charge in [-0.2, -0.15) is 4.31 Å². The molecule has 0 spiro atoms. The van der Waals surface area contributed by atoms with Crippen molar-refractivity contribution in [1.29, 1.82) is 0 Å². The highest BCUT2D eigenvalue weighted by Crippen LogP contribution is 2.25. The lowest BCUT2D eigenvalue weighted by molar-refractivity contribution is 0.440. The largest absolute Gasteiger partial charge is 0.317 e. The van der Waals surface area contributed by atoms with Gasteiger partial charge in [0.15, 0.2) is 0 Å². The Balaban J connectivity index is 2.04. The molecule has 1 aliphatic rings. The van der Waals surface area contributed by atoms with Crippen molar-refractivity contribution in [2.45, 2.75) is 17.6 Å². The van der Waals surface area contributed by atoms with E-state index in [0.29, 0.717) is 28.8 Å². The number of nitrogens with zero attached hydrogens (tertiary/aromatic N) is 1. The van der Waals surface area contributed by atoms with Gasteiger partial charge in [-0.05, 0) is 31.6 Å². The molecule has 0 radical (unpaired) electrons. The highest BCUT2D eigenvalue weighted by atomic mass is 32.2. The molecule has 114 valence electrons. The molecule has 0 unspecified atom stereocenters. The van der Waals surface area contributed by atoms with Crippen LogP contribution >= 0.6 is 11.3 Å². The molecule has 1 aliphatic heterocycles. The van der Waals surface area contributed by atoms with Gasteiger partial charge >= 0.3 is 0 Å². The zero-order valence-corrected chi connectivity index (χ0v) is 14.0. The van der Waals surface area contributed by atoms with Crippen LogP contribution in [0.3, 0.4) is 0 Å². The van der Waals surface area contributed by atoms with Gasteiger partial charge in [0.25, 0.3) is 10.0 Å². The van der Waals surface area contributed by atoms with Crippen molar-refractivity contribution in [2.75, 3.05) is 37.7 Å². The van der Waals surface area contributed by atoms with E-state index < -0.39 is 20.8 Å². The van der Waals surface area contributed by atoms with Gasteiger partial charge in [0.1, 0.15) is 4.21 Å². The highest BCUT2D eigenvalue weighted by Gasteiger charge is 2.29. The first-order chi connectivity index (χ1) is 9.54. The molecule has 0 atom stereocenters. The van der Waals surface area contributed by atoms with E-state index >= 15 is 0 Å². The fraction of sp³-hybridized carbons (Fsp3) is 0.667. The first-order valence-corrected chi connectivity index (χ1v) is 10.4. The summed E-state index contributed by atoms with van der Waals surface area (Å²) in [6, 6.07) is 3.57. The van der Waals surface area contributed by atoms with E-state index in [-0.39, 0.29) is 0 Å². The Morgan fingerprint density at radius 1 is 1.35 bits per heavy atom. The number of likely N-dealkylation sites (N-methyl/N-ethyl adjacent to an activating group) is 1. The van der Waals surface area contributed by atoms with Crippen molar-refractivity contribution in [3.05, 3.63) is 17.0 Å². The monoisotopic (exact) mass is 336 g/mol. The SMILES string of the molecule is CCNCCc1ccc(S(=O)(=O)N2CCS(=O)CC2)s1. The summed E-state index contributed by atoms with van der Waals surface area (Å²) in [7, 11) is -4.26. The topological polar surface area (TPSA) is 66.5 Å². The Hall–Kier alpha value is -0.280. The summed E-state index contributed by atoms with van der Waals surface area (Å²) in [5, 5.41) is 3.23. The molecule has 2 rings (SSSR count). The lowest BCUT2D eigenvalue weighted by Crippen LogP contribution is -2.41. The molecule has 2 heterocycles. The van der Waals surface area contributed by atoms with Crippen LogP contribution in [-0.4, -0.2) is 54.6 Å². The summed E-state index contributed by atoms with van der Waals surface area (Å²) >= 11 is 1.34. The van der Waals surface area contributed by atoms with Gasteiger partial charge < -0.3 is 5.32 Å². The number of thiophene rings is 1. The summed E-state index contributed by atoms with van der Waals surface area (Å²) in [5.41, 5.74) is 0. The maximum absolute atomic E-state index is 12.5. The van der Waals surface area contributed by atoms with Crippen LogP contribution in [0.15, 0.2) is 16.3 Å². The van der Waals surface area contributed by atoms with E-state index in [4.69, 9.17) is 0 Å². The van der Waals surface area contributed by atoms with Crippen LogP contribution in [-0.2, 0) is 27.2 Å². The van der Waals surface area contributed by atoms with Crippen LogP contribution in [0.5, 0.6) is 0 Å². The molecule has 0 amide bonds. The second kappa shape index (κ2) is 7.13. The van der Waals surface area contributed by atoms with E-state index in [9.17, 15) is 12.6 Å². The molecule has 1 fully saturated rings. The van der Waals surface area contributed by atoms with Crippen molar-refractivity contribution in [3.63, 3.8) is 0 Å². The first-order valence-electron chi connectivity index (χ1n) is 6.68. The number of hydrogen-bond donors (Lipinski definition) is 1. The zero-order chi connectivity index (χ0) is 14.6. The molecule has 1 N–H and O–H groups in total. The molecule has 0 aromatic carbocycles. The van der Waals surface area contributed by atoms with E-state index in [1.807, 2.05) is 13.0 Å². The third-order valence-corrected chi connectivity index (χ3v) is 7.95. The standard InChI is InChI=1S/C12H20N2O3S3/c1-2-13-6-5-11-3-4-12(18-11)20(16,17)14-7-9-19(15)10-8-14/h3-4,13H,2,5-10H2,1H3. The Morgan fingerprint density at radius 2 is 2.05 bits per heavy atom. The summed E-state index contributed by atoms with van der Waals surface area (Å²) in [6.07, 6.45) is 0.845. The molecule has 1 aromatic rings. The minimum Gasteiger partial charge on any atom is -0.317 e. The summed E-state index contributed by atoms with van der Waals surface area (Å²) in [5.74, 6) is 0.885. The fourth-order valence-electron chi connectivity index (χ4n) is 2.01. The Morgan fingerprint density at radius 3 is 2.70 bits per heavy atom. The van der Waals surface area contributed by atoms with E-state index in [0.717, 1.165) is 24.4 Å². The second-order valence-corrected chi connectivity index (χ2v) is 9.61. The molecule has 1 aromatic heterocycles. The molecule has 1 saturated heterocycles. The van der Waals surface area contributed by atoms with Crippen LogP contribution < -0.4 is 5.32 Å². The van der Waals surface area contributed by atoms with Gasteiger partial charge in [0.2, 0.25) is 0 Å². The molecule has 8 heteroatoms. The predicted molar refractivity (Wildman–Crippen MR) is 83.2 cm³/mol. The average Bonchev–Trinajstić information content (AvgIpc) is 2.89. The lowest BCUT2D eigenvalue weighted by Gasteiger charge is -2.24. The summed E-state index contributed by atoms with van der Waals surface area (Å²) in [6.45, 7) is 4.55. The van der Waals surface area contributed by atoms with Gasteiger partial charge in [-0.1, -0.05) is 6.92 Å². The predicted octanol–water partition coefficient (Wildman–Crippen LogP) is 0.653. The Bertz CT molecular complexity index is 558. The number of hydrogen-bond acceptors (Lipinski definition) is 5. The van der Waals surface area contributed by atoms with Crippen LogP contribution in [0.1, 0.15) is 11.8 Å². The summed E-state index contributed by atoms with van der Waals surface area (Å²) < 4.78 is 38.1. The van der Waals surface area contributed by atoms with E-state index in [1.54, 1.807) is 6.07 Å². The molecule has 5 nitrogen and oxygen atoms in total. The Kier molecular flexibility index (Phi) is 5.74. The van der Waals surface area contributed by atoms with Crippen molar-refractivity contribution >= 4 is 32.2 Å². The minimum atomic E-state index is -3.40. The molecular formula is C12H20N2O3S3. The second-order valence-electron chi connectivity index (χ2n) is 4.58. The van der Waals surface area contributed by atoms with Crippen LogP contribution in [0.2, 0.25) is 0 Å². The number of nitrogens with one attached hydrogen (secondary N) is 1. The van der Waals surface area contributed by atoms with Gasteiger partial charge in [0.05, 0.1) is 0 Å². The lowest BCUT2D eigenvalue weighted by atomic mass is 10.3. The quantitative estimate of drug-likeness (QED) is 0.775. The van der Waals surface area contributed by atoms with Crippen molar-refractivity contribution in [1.82, 2.24) is 9.62 Å². The van der Waals surface area contributed by atoms with Crippen molar-refractivity contribution in [3.8, 4) is 0 Å². The first kappa shape index (κ1) is 16.1. The van der Waals surface area contributed by atoms with Gasteiger partial charge in [-0.15, -0.1) is 11.3 Å². The number of rotatable bonds is 6. The summed E-state index contributed by atoms with van der Waals surface area (Å²) in [4.78, 5) is 1.07. The smallest absolute Gasteiger partial charge is 0.252 e. The average molecular weight is 337 g/mol. The van der Waals surface area contributed by atoms with Crippen LogP contribution in [0.4, 0.5) is 0 Å². The maximum atomic E-state index is 12.5. The molecule has 0 aliphatic carbocycles. The maximum Gasteiger partial charge on any atom is 0.252 e.